The number of allylic oxidation sites excluding steroid dienone is 1. The fourth-order valence-corrected chi connectivity index (χ4v) is 2.30. The van der Waals surface area contributed by atoms with E-state index in [4.69, 9.17) is 0 Å². The van der Waals surface area contributed by atoms with Crippen molar-refractivity contribution in [1.29, 1.82) is 0 Å². The summed E-state index contributed by atoms with van der Waals surface area (Å²) < 4.78 is 0. The van der Waals surface area contributed by atoms with Crippen LogP contribution >= 0.6 is 0 Å². The van der Waals surface area contributed by atoms with Crippen LogP contribution in [0.25, 0.3) is 0 Å². The van der Waals surface area contributed by atoms with Crippen molar-refractivity contribution >= 4 is 0 Å². The lowest BCUT2D eigenvalue weighted by atomic mass is 9.86. The molecule has 2 aliphatic rings. The minimum Gasteiger partial charge on any atom is -0.0996 e. The number of fused-ring (bicyclic) bond motifs is 2. The molecule has 0 N–H and O–H groups in total. The molecule has 2 aliphatic carbocycles. The second kappa shape index (κ2) is 1.86. The summed E-state index contributed by atoms with van der Waals surface area (Å²) in [7, 11) is 0. The SMILES string of the molecule is C=C1CCC2CCC1C2. The molecular formula is C9H14. The van der Waals surface area contributed by atoms with Crippen LogP contribution in [0.3, 0.4) is 0 Å². The lowest BCUT2D eigenvalue weighted by molar-refractivity contribution is 0.434. The molecule has 2 fully saturated rings. The molecular weight excluding hydrogens is 108 g/mol. The van der Waals surface area contributed by atoms with Crippen LogP contribution in [-0.4, -0.2) is 0 Å². The van der Waals surface area contributed by atoms with Crippen molar-refractivity contribution in [2.75, 3.05) is 0 Å². The molecule has 2 unspecified atom stereocenters. The lowest BCUT2D eigenvalue weighted by Gasteiger charge is -2.20. The fraction of sp³-hybridized carbons (Fsp3) is 0.778. The first kappa shape index (κ1) is 5.52. The second-order valence-electron chi connectivity index (χ2n) is 3.57. The average molecular weight is 122 g/mol. The molecule has 0 nitrogen and oxygen atoms in total. The Bertz CT molecular complexity index is 135. The summed E-state index contributed by atoms with van der Waals surface area (Å²) in [6.45, 7) is 4.09. The van der Waals surface area contributed by atoms with Gasteiger partial charge in [-0.05, 0) is 43.9 Å². The highest BCUT2D eigenvalue weighted by Crippen LogP contribution is 2.43. The smallest absolute Gasteiger partial charge is 0.0203 e. The largest absolute Gasteiger partial charge is 0.0996 e. The van der Waals surface area contributed by atoms with Crippen LogP contribution < -0.4 is 0 Å². The normalized spacial score (nSPS) is 41.6. The Morgan fingerprint density at radius 1 is 1.22 bits per heavy atom. The van der Waals surface area contributed by atoms with Crippen LogP contribution in [0.2, 0.25) is 0 Å². The van der Waals surface area contributed by atoms with E-state index in [1.54, 1.807) is 5.57 Å². The molecule has 0 aromatic carbocycles. The van der Waals surface area contributed by atoms with Crippen molar-refractivity contribution in [1.82, 2.24) is 0 Å². The first-order chi connectivity index (χ1) is 4.36. The van der Waals surface area contributed by atoms with Crippen molar-refractivity contribution in [3.63, 3.8) is 0 Å². The summed E-state index contributed by atoms with van der Waals surface area (Å²) in [6.07, 6.45) is 7.18. The average Bonchev–Trinajstić information content (AvgIpc) is 2.25. The highest BCUT2D eigenvalue weighted by molar-refractivity contribution is 5.07. The maximum absolute atomic E-state index is 4.09. The minimum absolute atomic E-state index is 0.934. The second-order valence-corrected chi connectivity index (χ2v) is 3.57. The summed E-state index contributed by atoms with van der Waals surface area (Å²) in [5.41, 5.74) is 1.55. The Morgan fingerprint density at radius 3 is 2.89 bits per heavy atom. The topological polar surface area (TPSA) is 0 Å². The molecule has 0 aromatic heterocycles. The number of rotatable bonds is 0. The van der Waals surface area contributed by atoms with E-state index in [0.717, 1.165) is 11.8 Å². The van der Waals surface area contributed by atoms with Crippen molar-refractivity contribution in [2.45, 2.75) is 32.1 Å². The summed E-state index contributed by atoms with van der Waals surface area (Å²) >= 11 is 0. The van der Waals surface area contributed by atoms with Crippen LogP contribution in [0, 0.1) is 11.8 Å². The van der Waals surface area contributed by atoms with Gasteiger partial charge in [0.15, 0.2) is 0 Å². The maximum atomic E-state index is 4.09. The monoisotopic (exact) mass is 122 g/mol. The van der Waals surface area contributed by atoms with Crippen LogP contribution in [0.15, 0.2) is 12.2 Å². The zero-order chi connectivity index (χ0) is 6.27. The van der Waals surface area contributed by atoms with Gasteiger partial charge in [0.1, 0.15) is 0 Å². The Hall–Kier alpha value is -0.260. The van der Waals surface area contributed by atoms with Crippen LogP contribution in [-0.2, 0) is 0 Å². The van der Waals surface area contributed by atoms with Gasteiger partial charge in [-0.25, -0.2) is 0 Å². The molecule has 2 saturated carbocycles. The van der Waals surface area contributed by atoms with Crippen LogP contribution in [0.5, 0.6) is 0 Å². The van der Waals surface area contributed by atoms with Gasteiger partial charge in [-0.3, -0.25) is 0 Å². The van der Waals surface area contributed by atoms with Gasteiger partial charge < -0.3 is 0 Å². The van der Waals surface area contributed by atoms with Crippen molar-refractivity contribution < 1.29 is 0 Å². The summed E-state index contributed by atoms with van der Waals surface area (Å²) in [5, 5.41) is 0. The molecule has 0 heteroatoms. The first-order valence-electron chi connectivity index (χ1n) is 4.04. The third-order valence-electron chi connectivity index (χ3n) is 2.99. The zero-order valence-corrected chi connectivity index (χ0v) is 5.90. The maximum Gasteiger partial charge on any atom is -0.0203 e. The highest BCUT2D eigenvalue weighted by Gasteiger charge is 2.30. The van der Waals surface area contributed by atoms with Crippen molar-refractivity contribution in [3.8, 4) is 0 Å². The summed E-state index contributed by atoms with van der Waals surface area (Å²) in [5.74, 6) is 2.02. The summed E-state index contributed by atoms with van der Waals surface area (Å²) in [4.78, 5) is 0. The Balaban J connectivity index is 2.14. The zero-order valence-electron chi connectivity index (χ0n) is 5.90. The highest BCUT2D eigenvalue weighted by atomic mass is 14.4. The van der Waals surface area contributed by atoms with Crippen LogP contribution in [0.4, 0.5) is 0 Å². The Kier molecular flexibility index (Phi) is 1.14. The van der Waals surface area contributed by atoms with Crippen molar-refractivity contribution in [2.24, 2.45) is 11.8 Å². The molecule has 50 valence electrons. The molecule has 0 spiro atoms. The molecule has 0 heterocycles. The van der Waals surface area contributed by atoms with E-state index in [2.05, 4.69) is 6.58 Å². The predicted octanol–water partition coefficient (Wildman–Crippen LogP) is 2.75. The lowest BCUT2D eigenvalue weighted by Crippen LogP contribution is -2.06. The Labute approximate surface area is 57.0 Å². The third-order valence-corrected chi connectivity index (χ3v) is 2.99. The third kappa shape index (κ3) is 0.810. The van der Waals surface area contributed by atoms with E-state index >= 15 is 0 Å². The number of hydrogen-bond acceptors (Lipinski definition) is 0. The molecule has 0 saturated heterocycles. The van der Waals surface area contributed by atoms with E-state index in [1.165, 1.54) is 32.1 Å². The minimum atomic E-state index is 0.934. The molecule has 2 bridgehead atoms. The van der Waals surface area contributed by atoms with Gasteiger partial charge in [-0.1, -0.05) is 12.2 Å². The van der Waals surface area contributed by atoms with E-state index < -0.39 is 0 Å². The van der Waals surface area contributed by atoms with E-state index in [-0.39, 0.29) is 0 Å². The molecule has 0 aromatic rings. The van der Waals surface area contributed by atoms with Gasteiger partial charge in [0, 0.05) is 0 Å². The quantitative estimate of drug-likeness (QED) is 0.433. The van der Waals surface area contributed by atoms with Gasteiger partial charge in [0.2, 0.25) is 0 Å². The van der Waals surface area contributed by atoms with E-state index in [1.807, 2.05) is 0 Å². The number of hydrogen-bond donors (Lipinski definition) is 0. The predicted molar refractivity (Wildman–Crippen MR) is 39.2 cm³/mol. The first-order valence-corrected chi connectivity index (χ1v) is 4.04. The van der Waals surface area contributed by atoms with E-state index in [0.29, 0.717) is 0 Å². The molecule has 9 heavy (non-hydrogen) atoms. The van der Waals surface area contributed by atoms with Gasteiger partial charge in [0.05, 0.1) is 0 Å². The molecule has 2 rings (SSSR count). The molecule has 2 atom stereocenters. The van der Waals surface area contributed by atoms with Crippen LogP contribution in [0.1, 0.15) is 32.1 Å². The van der Waals surface area contributed by atoms with E-state index in [9.17, 15) is 0 Å². The summed E-state index contributed by atoms with van der Waals surface area (Å²) in [6, 6.07) is 0. The van der Waals surface area contributed by atoms with Gasteiger partial charge in [0.25, 0.3) is 0 Å². The van der Waals surface area contributed by atoms with Gasteiger partial charge in [-0.2, -0.15) is 0 Å². The fourth-order valence-electron chi connectivity index (χ4n) is 2.30. The van der Waals surface area contributed by atoms with Gasteiger partial charge in [-0.15, -0.1) is 0 Å². The molecule has 0 aliphatic heterocycles. The Morgan fingerprint density at radius 2 is 2.11 bits per heavy atom. The van der Waals surface area contributed by atoms with Gasteiger partial charge >= 0.3 is 0 Å². The standard InChI is InChI=1S/C9H14/c1-7-2-3-8-4-5-9(7)6-8/h8-9H,1-6H2. The van der Waals surface area contributed by atoms with Crippen molar-refractivity contribution in [3.05, 3.63) is 12.2 Å². The molecule has 0 amide bonds. The molecule has 0 radical (unpaired) electrons.